The number of aromatic nitrogens is 1. The van der Waals surface area contributed by atoms with Crippen LogP contribution in [0.3, 0.4) is 0 Å². The lowest BCUT2D eigenvalue weighted by Gasteiger charge is -1.99. The number of rotatable bonds is 3. The fourth-order valence-electron chi connectivity index (χ4n) is 1.71. The highest BCUT2D eigenvalue weighted by Gasteiger charge is 2.15. The van der Waals surface area contributed by atoms with Crippen molar-refractivity contribution < 1.29 is 19.4 Å². The molecule has 1 aliphatic rings. The molecule has 0 fully saturated rings. The fourth-order valence-corrected chi connectivity index (χ4v) is 2.52. The average Bonchev–Trinajstić information content (AvgIpc) is 2.95. The first-order chi connectivity index (χ1) is 8.72. The molecule has 2 aromatic rings. The van der Waals surface area contributed by atoms with E-state index in [4.69, 9.17) is 14.6 Å². The molecular weight excluding hydrogens is 254 g/mol. The zero-order chi connectivity index (χ0) is 12.5. The van der Waals surface area contributed by atoms with Crippen molar-refractivity contribution in [3.8, 4) is 22.1 Å². The summed E-state index contributed by atoms with van der Waals surface area (Å²) in [5.41, 5.74) is 1.47. The van der Waals surface area contributed by atoms with Gasteiger partial charge in [-0.3, -0.25) is 4.79 Å². The maximum Gasteiger partial charge on any atom is 0.309 e. The topological polar surface area (TPSA) is 68.7 Å². The van der Waals surface area contributed by atoms with Crippen LogP contribution in [-0.4, -0.2) is 22.9 Å². The summed E-state index contributed by atoms with van der Waals surface area (Å²) < 4.78 is 10.5. The third kappa shape index (κ3) is 2.02. The molecule has 2 heterocycles. The highest BCUT2D eigenvalue weighted by Crippen LogP contribution is 2.36. The normalized spacial score (nSPS) is 12.7. The van der Waals surface area contributed by atoms with Crippen molar-refractivity contribution in [3.05, 3.63) is 29.3 Å². The number of thiazole rings is 1. The summed E-state index contributed by atoms with van der Waals surface area (Å²) in [6, 6.07) is 5.57. The van der Waals surface area contributed by atoms with Gasteiger partial charge in [0.05, 0.1) is 12.1 Å². The molecule has 1 aromatic carbocycles. The van der Waals surface area contributed by atoms with Crippen LogP contribution in [0, 0.1) is 0 Å². The van der Waals surface area contributed by atoms with Crippen LogP contribution >= 0.6 is 11.3 Å². The highest BCUT2D eigenvalue weighted by molar-refractivity contribution is 7.13. The molecule has 5 nitrogen and oxygen atoms in total. The Kier molecular flexibility index (Phi) is 2.64. The number of aliphatic carboxylic acids is 1. The molecule has 0 radical (unpaired) electrons. The minimum absolute atomic E-state index is 0.0545. The van der Waals surface area contributed by atoms with Crippen LogP contribution in [0.25, 0.3) is 10.6 Å². The van der Waals surface area contributed by atoms with Crippen molar-refractivity contribution >= 4 is 17.3 Å². The molecule has 0 aliphatic carbocycles. The largest absolute Gasteiger partial charge is 0.481 e. The second-order valence-corrected chi connectivity index (χ2v) is 4.64. The van der Waals surface area contributed by atoms with Gasteiger partial charge in [-0.05, 0) is 18.2 Å². The van der Waals surface area contributed by atoms with E-state index in [1.807, 2.05) is 18.2 Å². The van der Waals surface area contributed by atoms with Gasteiger partial charge in [0.2, 0.25) is 6.79 Å². The van der Waals surface area contributed by atoms with Crippen molar-refractivity contribution in [2.24, 2.45) is 0 Å². The van der Waals surface area contributed by atoms with Gasteiger partial charge in [-0.25, -0.2) is 4.98 Å². The summed E-state index contributed by atoms with van der Waals surface area (Å²) in [4.78, 5) is 14.9. The minimum atomic E-state index is -0.877. The predicted molar refractivity (Wildman–Crippen MR) is 65.0 cm³/mol. The third-order valence-electron chi connectivity index (χ3n) is 2.50. The van der Waals surface area contributed by atoms with Gasteiger partial charge in [0.1, 0.15) is 5.01 Å². The van der Waals surface area contributed by atoms with E-state index in [0.29, 0.717) is 11.4 Å². The Balaban J connectivity index is 1.90. The molecule has 1 aromatic heterocycles. The fraction of sp³-hybridized carbons (Fsp3) is 0.167. The highest BCUT2D eigenvalue weighted by atomic mass is 32.1. The second-order valence-electron chi connectivity index (χ2n) is 3.78. The Bertz CT molecular complexity index is 608. The third-order valence-corrected chi connectivity index (χ3v) is 3.44. The molecular formula is C12H9NO4S. The molecule has 1 N–H and O–H groups in total. The Morgan fingerprint density at radius 1 is 1.39 bits per heavy atom. The lowest BCUT2D eigenvalue weighted by atomic mass is 10.2. The number of benzene rings is 1. The zero-order valence-corrected chi connectivity index (χ0v) is 10.1. The van der Waals surface area contributed by atoms with E-state index in [9.17, 15) is 4.79 Å². The van der Waals surface area contributed by atoms with Crippen LogP contribution in [0.2, 0.25) is 0 Å². The van der Waals surface area contributed by atoms with Gasteiger partial charge in [0.25, 0.3) is 0 Å². The Labute approximate surface area is 107 Å². The van der Waals surface area contributed by atoms with Crippen molar-refractivity contribution in [1.29, 1.82) is 0 Å². The first-order valence-corrected chi connectivity index (χ1v) is 6.16. The van der Waals surface area contributed by atoms with Crippen molar-refractivity contribution in [2.75, 3.05) is 6.79 Å². The second kappa shape index (κ2) is 4.30. The monoisotopic (exact) mass is 263 g/mol. The number of carbonyl (C=O) groups is 1. The Hall–Kier alpha value is -2.08. The van der Waals surface area contributed by atoms with E-state index in [1.54, 1.807) is 5.38 Å². The maximum atomic E-state index is 10.6. The van der Waals surface area contributed by atoms with Crippen molar-refractivity contribution in [3.63, 3.8) is 0 Å². The van der Waals surface area contributed by atoms with E-state index in [-0.39, 0.29) is 13.2 Å². The first kappa shape index (κ1) is 11.0. The number of hydrogen-bond acceptors (Lipinski definition) is 5. The average molecular weight is 263 g/mol. The van der Waals surface area contributed by atoms with Crippen LogP contribution in [0.4, 0.5) is 0 Å². The smallest absolute Gasteiger partial charge is 0.309 e. The predicted octanol–water partition coefficient (Wildman–Crippen LogP) is 2.17. The Morgan fingerprint density at radius 2 is 2.22 bits per heavy atom. The van der Waals surface area contributed by atoms with E-state index in [2.05, 4.69) is 4.98 Å². The van der Waals surface area contributed by atoms with E-state index >= 15 is 0 Å². The summed E-state index contributed by atoms with van der Waals surface area (Å²) in [5, 5.41) is 11.2. The zero-order valence-electron chi connectivity index (χ0n) is 9.25. The molecule has 18 heavy (non-hydrogen) atoms. The van der Waals surface area contributed by atoms with Gasteiger partial charge in [0, 0.05) is 10.9 Å². The SMILES string of the molecule is O=C(O)Cc1csc(-c2ccc3c(c2)OCO3)n1. The van der Waals surface area contributed by atoms with Crippen molar-refractivity contribution in [1.82, 2.24) is 4.98 Å². The molecule has 0 bridgehead atoms. The van der Waals surface area contributed by atoms with Crippen LogP contribution < -0.4 is 9.47 Å². The number of nitrogens with zero attached hydrogens (tertiary/aromatic N) is 1. The number of ether oxygens (including phenoxy) is 2. The van der Waals surface area contributed by atoms with Gasteiger partial charge in [-0.2, -0.15) is 0 Å². The summed E-state index contributed by atoms with van der Waals surface area (Å²) in [6.07, 6.45) is -0.0545. The van der Waals surface area contributed by atoms with Crippen LogP contribution in [-0.2, 0) is 11.2 Å². The lowest BCUT2D eigenvalue weighted by molar-refractivity contribution is -0.136. The van der Waals surface area contributed by atoms with Crippen LogP contribution in [0.1, 0.15) is 5.69 Å². The summed E-state index contributed by atoms with van der Waals surface area (Å²) in [5.74, 6) is 0.543. The molecule has 1 aliphatic heterocycles. The summed E-state index contributed by atoms with van der Waals surface area (Å²) in [6.45, 7) is 0.237. The van der Waals surface area contributed by atoms with E-state index in [0.717, 1.165) is 16.3 Å². The van der Waals surface area contributed by atoms with Gasteiger partial charge in [-0.15, -0.1) is 11.3 Å². The molecule has 0 unspecified atom stereocenters. The van der Waals surface area contributed by atoms with Crippen LogP contribution in [0.15, 0.2) is 23.6 Å². The van der Waals surface area contributed by atoms with Crippen molar-refractivity contribution in [2.45, 2.75) is 6.42 Å². The summed E-state index contributed by atoms with van der Waals surface area (Å²) >= 11 is 1.42. The number of carboxylic acid groups (broad SMARTS) is 1. The van der Waals surface area contributed by atoms with E-state index in [1.165, 1.54) is 11.3 Å². The quantitative estimate of drug-likeness (QED) is 0.919. The summed E-state index contributed by atoms with van der Waals surface area (Å²) in [7, 11) is 0. The molecule has 0 atom stereocenters. The van der Waals surface area contributed by atoms with Gasteiger partial charge in [-0.1, -0.05) is 0 Å². The standard InChI is InChI=1S/C12H9NO4S/c14-11(15)4-8-5-18-12(13-8)7-1-2-9-10(3-7)17-6-16-9/h1-3,5H,4,6H2,(H,14,15). The molecule has 6 heteroatoms. The minimum Gasteiger partial charge on any atom is -0.481 e. The first-order valence-electron chi connectivity index (χ1n) is 5.28. The van der Waals surface area contributed by atoms with Crippen LogP contribution in [0.5, 0.6) is 11.5 Å². The number of carboxylic acids is 1. The van der Waals surface area contributed by atoms with Gasteiger partial charge >= 0.3 is 5.97 Å². The van der Waals surface area contributed by atoms with Gasteiger partial charge in [0.15, 0.2) is 11.5 Å². The molecule has 92 valence electrons. The maximum absolute atomic E-state index is 10.6. The molecule has 0 spiro atoms. The van der Waals surface area contributed by atoms with Gasteiger partial charge < -0.3 is 14.6 Å². The molecule has 0 saturated heterocycles. The van der Waals surface area contributed by atoms with E-state index < -0.39 is 5.97 Å². The number of hydrogen-bond donors (Lipinski definition) is 1. The number of fused-ring (bicyclic) bond motifs is 1. The molecule has 0 saturated carbocycles. The molecule has 3 rings (SSSR count). The Morgan fingerprint density at radius 3 is 3.06 bits per heavy atom. The lowest BCUT2D eigenvalue weighted by Crippen LogP contribution is -1.99. The molecule has 0 amide bonds.